The largest absolute Gasteiger partial charge is 0.495 e. The second-order valence-electron chi connectivity index (χ2n) is 5.05. The van der Waals surface area contributed by atoms with Gasteiger partial charge in [0.15, 0.2) is 5.78 Å². The van der Waals surface area contributed by atoms with Gasteiger partial charge in [-0.2, -0.15) is 0 Å². The van der Waals surface area contributed by atoms with Gasteiger partial charge in [0, 0.05) is 17.1 Å². The third kappa shape index (κ3) is 4.00. The van der Waals surface area contributed by atoms with Crippen molar-refractivity contribution in [3.63, 3.8) is 0 Å². The van der Waals surface area contributed by atoms with Gasteiger partial charge in [-0.1, -0.05) is 23.7 Å². The smallest absolute Gasteiger partial charge is 0.179 e. The highest BCUT2D eigenvalue weighted by molar-refractivity contribution is 6.30. The van der Waals surface area contributed by atoms with Gasteiger partial charge >= 0.3 is 0 Å². The first-order valence-corrected chi connectivity index (χ1v) is 7.34. The maximum absolute atomic E-state index is 12.4. The van der Waals surface area contributed by atoms with Gasteiger partial charge in [-0.05, 0) is 42.8 Å². The van der Waals surface area contributed by atoms with Gasteiger partial charge < -0.3 is 15.8 Å². The van der Waals surface area contributed by atoms with Crippen LogP contribution in [0.5, 0.6) is 5.75 Å². The summed E-state index contributed by atoms with van der Waals surface area (Å²) in [6, 6.07) is 12.3. The topological polar surface area (TPSA) is 64.3 Å². The minimum Gasteiger partial charge on any atom is -0.495 e. The molecular weight excluding hydrogens is 300 g/mol. The van der Waals surface area contributed by atoms with Crippen molar-refractivity contribution < 1.29 is 9.53 Å². The van der Waals surface area contributed by atoms with Crippen LogP contribution < -0.4 is 15.8 Å². The van der Waals surface area contributed by atoms with E-state index in [0.717, 1.165) is 5.56 Å². The number of anilines is 1. The van der Waals surface area contributed by atoms with E-state index in [1.807, 2.05) is 31.2 Å². The fourth-order valence-corrected chi connectivity index (χ4v) is 2.23. The Bertz CT molecular complexity index is 656. The van der Waals surface area contributed by atoms with Gasteiger partial charge in [-0.15, -0.1) is 0 Å². The summed E-state index contributed by atoms with van der Waals surface area (Å²) >= 11 is 5.85. The molecule has 0 aliphatic heterocycles. The fraction of sp³-hybridized carbons (Fsp3) is 0.235. The molecular formula is C17H19ClN2O2. The normalized spacial score (nSPS) is 12.0. The molecule has 0 spiro atoms. The van der Waals surface area contributed by atoms with Crippen molar-refractivity contribution in [2.75, 3.05) is 12.8 Å². The first-order valence-electron chi connectivity index (χ1n) is 6.97. The van der Waals surface area contributed by atoms with Crippen molar-refractivity contribution in [1.29, 1.82) is 0 Å². The van der Waals surface area contributed by atoms with Crippen molar-refractivity contribution in [1.82, 2.24) is 5.32 Å². The number of carbonyl (C=O) groups is 1. The van der Waals surface area contributed by atoms with Gasteiger partial charge in [0.1, 0.15) is 5.75 Å². The number of benzene rings is 2. The second kappa shape index (κ2) is 7.29. The Morgan fingerprint density at radius 2 is 1.95 bits per heavy atom. The molecule has 22 heavy (non-hydrogen) atoms. The molecule has 2 rings (SSSR count). The molecule has 116 valence electrons. The van der Waals surface area contributed by atoms with Crippen molar-refractivity contribution in [3.05, 3.63) is 58.6 Å². The summed E-state index contributed by atoms with van der Waals surface area (Å²) < 4.78 is 5.09. The summed E-state index contributed by atoms with van der Waals surface area (Å²) in [5.74, 6) is 0.557. The number of nitrogens with one attached hydrogen (secondary N) is 1. The summed E-state index contributed by atoms with van der Waals surface area (Å²) in [6.45, 7) is 2.42. The van der Waals surface area contributed by atoms with E-state index in [9.17, 15) is 4.79 Å². The highest BCUT2D eigenvalue weighted by Gasteiger charge is 2.15. The molecule has 0 heterocycles. The number of rotatable bonds is 6. The Labute approximate surface area is 135 Å². The zero-order valence-corrected chi connectivity index (χ0v) is 13.4. The number of methoxy groups -OCH3 is 1. The maximum atomic E-state index is 12.4. The van der Waals surface area contributed by atoms with Crippen LogP contribution in [0.4, 0.5) is 5.69 Å². The highest BCUT2D eigenvalue weighted by atomic mass is 35.5. The van der Waals surface area contributed by atoms with Gasteiger partial charge in [0.2, 0.25) is 0 Å². The van der Waals surface area contributed by atoms with Crippen molar-refractivity contribution in [2.24, 2.45) is 0 Å². The standard InChI is InChI=1S/C17H19ClN2O2/c1-11(20-10-12-3-6-14(18)7-4-12)17(21)13-5-8-16(22-2)15(19)9-13/h3-9,11,20H,10,19H2,1-2H3. The molecule has 0 aromatic heterocycles. The van der Waals surface area contributed by atoms with Crippen LogP contribution in [0.25, 0.3) is 0 Å². The van der Waals surface area contributed by atoms with E-state index in [1.165, 1.54) is 0 Å². The number of nitrogens with two attached hydrogens (primary N) is 1. The lowest BCUT2D eigenvalue weighted by molar-refractivity contribution is 0.0950. The molecule has 0 radical (unpaired) electrons. The van der Waals surface area contributed by atoms with Crippen molar-refractivity contribution in [2.45, 2.75) is 19.5 Å². The number of hydrogen-bond acceptors (Lipinski definition) is 4. The van der Waals surface area contributed by atoms with Crippen molar-refractivity contribution >= 4 is 23.1 Å². The van der Waals surface area contributed by atoms with Crippen LogP contribution in [0.3, 0.4) is 0 Å². The molecule has 2 aromatic carbocycles. The van der Waals surface area contributed by atoms with Crippen LogP contribution >= 0.6 is 11.6 Å². The van der Waals surface area contributed by atoms with E-state index in [0.29, 0.717) is 28.6 Å². The predicted molar refractivity (Wildman–Crippen MR) is 89.5 cm³/mol. The molecule has 4 nitrogen and oxygen atoms in total. The monoisotopic (exact) mass is 318 g/mol. The molecule has 0 saturated carbocycles. The molecule has 0 fully saturated rings. The van der Waals surface area contributed by atoms with Gasteiger partial charge in [-0.25, -0.2) is 0 Å². The number of carbonyl (C=O) groups excluding carboxylic acids is 1. The van der Waals surface area contributed by atoms with Crippen molar-refractivity contribution in [3.8, 4) is 5.75 Å². The van der Waals surface area contributed by atoms with E-state index in [1.54, 1.807) is 25.3 Å². The average molecular weight is 319 g/mol. The van der Waals surface area contributed by atoms with Gasteiger partial charge in [0.05, 0.1) is 18.8 Å². The third-order valence-corrected chi connectivity index (χ3v) is 3.69. The molecule has 0 aliphatic carbocycles. The number of Topliss-reactive ketones (excluding diaryl/α,β-unsaturated/α-hetero) is 1. The molecule has 2 aromatic rings. The van der Waals surface area contributed by atoms with E-state index < -0.39 is 0 Å². The molecule has 5 heteroatoms. The Hall–Kier alpha value is -2.04. The zero-order valence-electron chi connectivity index (χ0n) is 12.6. The summed E-state index contributed by atoms with van der Waals surface area (Å²) in [5, 5.41) is 3.90. The molecule has 0 saturated heterocycles. The molecule has 0 amide bonds. The third-order valence-electron chi connectivity index (χ3n) is 3.43. The number of nitrogen functional groups attached to an aromatic ring is 1. The fourth-order valence-electron chi connectivity index (χ4n) is 2.10. The van der Waals surface area contributed by atoms with Crippen LogP contribution in [0.2, 0.25) is 5.02 Å². The number of ketones is 1. The van der Waals surface area contributed by atoms with Crippen LogP contribution in [-0.4, -0.2) is 18.9 Å². The second-order valence-corrected chi connectivity index (χ2v) is 5.49. The lowest BCUT2D eigenvalue weighted by Crippen LogP contribution is -2.33. The Kier molecular flexibility index (Phi) is 5.41. The van der Waals surface area contributed by atoms with E-state index in [4.69, 9.17) is 22.1 Å². The summed E-state index contributed by atoms with van der Waals surface area (Å²) in [5.41, 5.74) is 7.93. The van der Waals surface area contributed by atoms with Gasteiger partial charge in [-0.3, -0.25) is 4.79 Å². The minimum absolute atomic E-state index is 0.0108. The number of hydrogen-bond donors (Lipinski definition) is 2. The molecule has 1 unspecified atom stereocenters. The Morgan fingerprint density at radius 1 is 1.27 bits per heavy atom. The first kappa shape index (κ1) is 16.3. The van der Waals surface area contributed by atoms with Crippen LogP contribution in [0.1, 0.15) is 22.8 Å². The van der Waals surface area contributed by atoms with E-state index in [-0.39, 0.29) is 11.8 Å². The van der Waals surface area contributed by atoms with E-state index >= 15 is 0 Å². The summed E-state index contributed by atoms with van der Waals surface area (Å²) in [7, 11) is 1.55. The van der Waals surface area contributed by atoms with Crippen LogP contribution in [-0.2, 0) is 6.54 Å². The quantitative estimate of drug-likeness (QED) is 0.633. The lowest BCUT2D eigenvalue weighted by atomic mass is 10.0. The minimum atomic E-state index is -0.316. The lowest BCUT2D eigenvalue weighted by Gasteiger charge is -2.14. The van der Waals surface area contributed by atoms with Crippen LogP contribution in [0, 0.1) is 0 Å². The molecule has 0 bridgehead atoms. The maximum Gasteiger partial charge on any atom is 0.179 e. The zero-order chi connectivity index (χ0) is 16.1. The summed E-state index contributed by atoms with van der Waals surface area (Å²) in [4.78, 5) is 12.4. The predicted octanol–water partition coefficient (Wildman–Crippen LogP) is 3.29. The molecule has 1 atom stereocenters. The average Bonchev–Trinajstić information content (AvgIpc) is 2.53. The molecule has 0 aliphatic rings. The highest BCUT2D eigenvalue weighted by Crippen LogP contribution is 2.22. The Balaban J connectivity index is 1.99. The summed E-state index contributed by atoms with van der Waals surface area (Å²) in [6.07, 6.45) is 0. The SMILES string of the molecule is COc1ccc(C(=O)C(C)NCc2ccc(Cl)cc2)cc1N. The first-order chi connectivity index (χ1) is 10.5. The molecule has 3 N–H and O–H groups in total. The Morgan fingerprint density at radius 3 is 2.55 bits per heavy atom. The van der Waals surface area contributed by atoms with Gasteiger partial charge in [0.25, 0.3) is 0 Å². The van der Waals surface area contributed by atoms with Crippen LogP contribution in [0.15, 0.2) is 42.5 Å². The number of ether oxygens (including phenoxy) is 1. The van der Waals surface area contributed by atoms with E-state index in [2.05, 4.69) is 5.32 Å². The number of halogens is 1.